The lowest BCUT2D eigenvalue weighted by atomic mass is 9.96. The Labute approximate surface area is 177 Å². The number of rotatable bonds is 8. The van der Waals surface area contributed by atoms with Crippen molar-refractivity contribution >= 4 is 20.3 Å². The zero-order chi connectivity index (χ0) is 19.9. The quantitative estimate of drug-likeness (QED) is 0.423. The molecule has 0 spiro atoms. The molecule has 0 heterocycles. The van der Waals surface area contributed by atoms with Crippen molar-refractivity contribution in [2.45, 2.75) is 39.0 Å². The number of unbranched alkanes of at least 4 members (excludes halogenated alkanes) is 1. The van der Waals surface area contributed by atoms with Gasteiger partial charge in [-0.25, -0.2) is 0 Å². The van der Waals surface area contributed by atoms with Crippen LogP contribution in [-0.4, -0.2) is 9.52 Å². The molecule has 3 aromatic rings. The summed E-state index contributed by atoms with van der Waals surface area (Å²) in [5.41, 5.74) is 7.39. The number of aryl methyl sites for hydroxylation is 1. The van der Waals surface area contributed by atoms with Gasteiger partial charge in [-0.2, -0.15) is 0 Å². The highest BCUT2D eigenvalue weighted by Crippen LogP contribution is 2.35. The third-order valence-corrected chi connectivity index (χ3v) is 7.73. The molecular weight excluding hydrogens is 364 g/mol. The maximum absolute atomic E-state index is 2.51. The SMILES string of the molecule is CCCCc1ccc(CC2=C(c3ccccc3)C([SiH2]c3ccccc3)=CC2)cc1. The molecule has 0 N–H and O–H groups in total. The summed E-state index contributed by atoms with van der Waals surface area (Å²) < 4.78 is 0. The summed E-state index contributed by atoms with van der Waals surface area (Å²) in [5, 5.41) is 3.13. The Hall–Kier alpha value is -2.64. The molecule has 3 aromatic carbocycles. The first kappa shape index (κ1) is 19.7. The predicted octanol–water partition coefficient (Wildman–Crippen LogP) is 5.81. The molecule has 0 radical (unpaired) electrons. The minimum absolute atomic E-state index is 0.460. The van der Waals surface area contributed by atoms with Crippen LogP contribution >= 0.6 is 0 Å². The van der Waals surface area contributed by atoms with Crippen molar-refractivity contribution in [3.05, 3.63) is 118 Å². The highest BCUT2D eigenvalue weighted by Gasteiger charge is 2.20. The minimum Gasteiger partial charge on any atom is -0.0808 e. The van der Waals surface area contributed by atoms with Gasteiger partial charge in [0.25, 0.3) is 0 Å². The molecule has 0 aliphatic heterocycles. The van der Waals surface area contributed by atoms with Gasteiger partial charge in [0.1, 0.15) is 0 Å². The first-order valence-electron chi connectivity index (χ1n) is 10.9. The van der Waals surface area contributed by atoms with Crippen molar-refractivity contribution < 1.29 is 0 Å². The van der Waals surface area contributed by atoms with Crippen LogP contribution in [0.1, 0.15) is 42.9 Å². The van der Waals surface area contributed by atoms with Gasteiger partial charge in [0.05, 0.1) is 9.52 Å². The second-order valence-corrected chi connectivity index (χ2v) is 9.97. The lowest BCUT2D eigenvalue weighted by Gasteiger charge is -2.13. The zero-order valence-electron chi connectivity index (χ0n) is 17.4. The van der Waals surface area contributed by atoms with Gasteiger partial charge in [-0.15, -0.1) is 0 Å². The maximum Gasteiger partial charge on any atom is 0.0879 e. The Morgan fingerprint density at radius 3 is 2.10 bits per heavy atom. The Balaban J connectivity index is 1.59. The van der Waals surface area contributed by atoms with E-state index in [0.29, 0.717) is 0 Å². The fourth-order valence-corrected chi connectivity index (χ4v) is 6.13. The Morgan fingerprint density at radius 1 is 0.759 bits per heavy atom. The van der Waals surface area contributed by atoms with E-state index in [1.54, 1.807) is 10.8 Å². The fourth-order valence-electron chi connectivity index (χ4n) is 4.26. The summed E-state index contributed by atoms with van der Waals surface area (Å²) in [4.78, 5) is 0. The van der Waals surface area contributed by atoms with Crippen LogP contribution in [0.15, 0.2) is 102 Å². The minimum atomic E-state index is -0.460. The van der Waals surface area contributed by atoms with E-state index in [9.17, 15) is 0 Å². The van der Waals surface area contributed by atoms with Crippen molar-refractivity contribution in [3.8, 4) is 0 Å². The monoisotopic (exact) mass is 394 g/mol. The summed E-state index contributed by atoms with van der Waals surface area (Å²) in [6.07, 6.45) is 8.39. The molecular formula is C28H30Si. The van der Waals surface area contributed by atoms with Gasteiger partial charge < -0.3 is 0 Å². The van der Waals surface area contributed by atoms with Crippen molar-refractivity contribution in [2.75, 3.05) is 0 Å². The van der Waals surface area contributed by atoms with Gasteiger partial charge in [-0.3, -0.25) is 0 Å². The van der Waals surface area contributed by atoms with Crippen molar-refractivity contribution in [1.82, 2.24) is 0 Å². The molecule has 1 heteroatoms. The van der Waals surface area contributed by atoms with E-state index in [4.69, 9.17) is 0 Å². The van der Waals surface area contributed by atoms with E-state index in [1.807, 2.05) is 0 Å². The van der Waals surface area contributed by atoms with Gasteiger partial charge in [0, 0.05) is 0 Å². The number of allylic oxidation sites excluding steroid dienone is 4. The summed E-state index contributed by atoms with van der Waals surface area (Å²) in [5.74, 6) is 0. The number of hydrogen-bond donors (Lipinski definition) is 0. The number of hydrogen-bond acceptors (Lipinski definition) is 0. The van der Waals surface area contributed by atoms with Crippen LogP contribution < -0.4 is 5.19 Å². The average molecular weight is 395 g/mol. The summed E-state index contributed by atoms with van der Waals surface area (Å²) in [7, 11) is -0.460. The van der Waals surface area contributed by atoms with Gasteiger partial charge >= 0.3 is 0 Å². The highest BCUT2D eigenvalue weighted by atomic mass is 28.2. The lowest BCUT2D eigenvalue weighted by Crippen LogP contribution is -2.16. The molecule has 146 valence electrons. The normalized spacial score (nSPS) is 14.0. The third kappa shape index (κ3) is 5.05. The second-order valence-electron chi connectivity index (χ2n) is 8.04. The van der Waals surface area contributed by atoms with E-state index in [2.05, 4.69) is 97.9 Å². The zero-order valence-corrected chi connectivity index (χ0v) is 18.8. The number of benzene rings is 3. The molecule has 0 atom stereocenters. The van der Waals surface area contributed by atoms with Crippen molar-refractivity contribution in [1.29, 1.82) is 0 Å². The standard InChI is InChI=1S/C28H30Si/c1-2-3-10-22-15-17-23(18-16-22)21-25-19-20-27(29-26-13-8-5-9-14-26)28(25)24-11-6-4-7-12-24/h4-9,11-18,20H,2-3,10,19,21,29H2,1H3. The van der Waals surface area contributed by atoms with Crippen LogP contribution in [0.2, 0.25) is 0 Å². The molecule has 0 aromatic heterocycles. The second kappa shape index (κ2) is 9.71. The van der Waals surface area contributed by atoms with Crippen LogP contribution in [0.3, 0.4) is 0 Å². The van der Waals surface area contributed by atoms with Crippen LogP contribution in [-0.2, 0) is 12.8 Å². The molecule has 0 unspecified atom stereocenters. The van der Waals surface area contributed by atoms with E-state index < -0.39 is 9.52 Å². The Bertz CT molecular complexity index is 980. The molecule has 1 aliphatic rings. The third-order valence-electron chi connectivity index (χ3n) is 5.83. The first-order chi connectivity index (χ1) is 14.3. The lowest BCUT2D eigenvalue weighted by molar-refractivity contribution is 0.794. The fraction of sp³-hybridized carbons (Fsp3) is 0.214. The smallest absolute Gasteiger partial charge is 0.0808 e. The van der Waals surface area contributed by atoms with E-state index in [-0.39, 0.29) is 0 Å². The van der Waals surface area contributed by atoms with E-state index in [1.165, 1.54) is 46.7 Å². The van der Waals surface area contributed by atoms with Crippen molar-refractivity contribution in [2.24, 2.45) is 0 Å². The van der Waals surface area contributed by atoms with Crippen LogP contribution in [0.4, 0.5) is 0 Å². The van der Waals surface area contributed by atoms with Crippen LogP contribution in [0.25, 0.3) is 5.57 Å². The molecule has 0 saturated carbocycles. The molecule has 0 fully saturated rings. The van der Waals surface area contributed by atoms with Crippen LogP contribution in [0.5, 0.6) is 0 Å². The van der Waals surface area contributed by atoms with Crippen molar-refractivity contribution in [3.63, 3.8) is 0 Å². The van der Waals surface area contributed by atoms with Gasteiger partial charge in [0.15, 0.2) is 0 Å². The van der Waals surface area contributed by atoms with Gasteiger partial charge in [-0.05, 0) is 47.9 Å². The summed E-state index contributed by atoms with van der Waals surface area (Å²) in [6.45, 7) is 2.26. The maximum atomic E-state index is 2.51. The molecule has 29 heavy (non-hydrogen) atoms. The highest BCUT2D eigenvalue weighted by molar-refractivity contribution is 6.64. The molecule has 0 saturated heterocycles. The average Bonchev–Trinajstić information content (AvgIpc) is 3.16. The Morgan fingerprint density at radius 2 is 1.41 bits per heavy atom. The summed E-state index contributed by atoms with van der Waals surface area (Å²) >= 11 is 0. The largest absolute Gasteiger partial charge is 0.0879 e. The molecule has 4 rings (SSSR count). The van der Waals surface area contributed by atoms with E-state index in [0.717, 1.165) is 12.8 Å². The molecule has 0 nitrogen and oxygen atoms in total. The predicted molar refractivity (Wildman–Crippen MR) is 129 cm³/mol. The van der Waals surface area contributed by atoms with Gasteiger partial charge in [-0.1, -0.05) is 120 Å². The summed E-state index contributed by atoms with van der Waals surface area (Å²) in [6, 6.07) is 31.4. The topological polar surface area (TPSA) is 0 Å². The van der Waals surface area contributed by atoms with Crippen LogP contribution in [0, 0.1) is 0 Å². The van der Waals surface area contributed by atoms with Gasteiger partial charge in [0.2, 0.25) is 0 Å². The first-order valence-corrected chi connectivity index (χ1v) is 12.3. The Kier molecular flexibility index (Phi) is 6.59. The molecule has 0 amide bonds. The molecule has 1 aliphatic carbocycles. The molecule has 0 bridgehead atoms. The van der Waals surface area contributed by atoms with E-state index >= 15 is 0 Å².